The Balaban J connectivity index is 1.95. The molecule has 3 nitrogen and oxygen atoms in total. The maximum atomic E-state index is 12.5. The van der Waals surface area contributed by atoms with E-state index >= 15 is 0 Å². The maximum Gasteiger partial charge on any atom is 0.430 e. The highest BCUT2D eigenvalue weighted by atomic mass is 79.9. The molecule has 2 rings (SSSR count). The number of hydrogen-bond donors (Lipinski definition) is 0. The highest BCUT2D eigenvalue weighted by molar-refractivity contribution is 9.10. The van der Waals surface area contributed by atoms with Crippen molar-refractivity contribution < 1.29 is 27.4 Å². The minimum absolute atomic E-state index is 0.215. The van der Waals surface area contributed by atoms with Crippen molar-refractivity contribution >= 4 is 21.9 Å². The van der Waals surface area contributed by atoms with Crippen molar-refractivity contribution in [1.29, 1.82) is 0 Å². The summed E-state index contributed by atoms with van der Waals surface area (Å²) in [4.78, 5) is 11.3. The number of halogens is 4. The summed E-state index contributed by atoms with van der Waals surface area (Å²) in [6.07, 6.45) is -4.73. The van der Waals surface area contributed by atoms with Gasteiger partial charge in [-0.3, -0.25) is 0 Å². The zero-order valence-electron chi connectivity index (χ0n) is 8.96. The number of epoxide rings is 1. The Morgan fingerprint density at radius 3 is 2.39 bits per heavy atom. The van der Waals surface area contributed by atoms with Gasteiger partial charge in [0.05, 0.1) is 6.61 Å². The lowest BCUT2D eigenvalue weighted by molar-refractivity contribution is -0.204. The zero-order chi connectivity index (χ0) is 13.4. The fourth-order valence-corrected chi connectivity index (χ4v) is 1.58. The van der Waals surface area contributed by atoms with Gasteiger partial charge in [0.15, 0.2) is 0 Å². The number of ether oxygens (including phenoxy) is 2. The highest BCUT2D eigenvalue weighted by Crippen LogP contribution is 2.44. The molecule has 1 saturated heterocycles. The van der Waals surface area contributed by atoms with Gasteiger partial charge < -0.3 is 9.47 Å². The van der Waals surface area contributed by atoms with Crippen molar-refractivity contribution in [1.82, 2.24) is 0 Å². The summed E-state index contributed by atoms with van der Waals surface area (Å²) in [5.41, 5.74) is -2.15. The molecule has 1 fully saturated rings. The number of hydrogen-bond acceptors (Lipinski definition) is 3. The predicted octanol–water partition coefficient (Wildman–Crippen LogP) is 2.82. The lowest BCUT2D eigenvalue weighted by atomic mass is 10.1. The smallest absolute Gasteiger partial charge is 0.430 e. The van der Waals surface area contributed by atoms with Crippen molar-refractivity contribution in [3.63, 3.8) is 0 Å². The van der Waals surface area contributed by atoms with Gasteiger partial charge in [-0.2, -0.15) is 13.2 Å². The fourth-order valence-electron chi connectivity index (χ4n) is 1.32. The SMILES string of the molecule is O=C(OCc1ccc(Br)cc1)[C@@]1(C(F)(F)F)CO1. The predicted molar refractivity (Wildman–Crippen MR) is 58.7 cm³/mol. The average Bonchev–Trinajstić information content (AvgIpc) is 3.08. The van der Waals surface area contributed by atoms with Gasteiger partial charge in [-0.1, -0.05) is 28.1 Å². The second kappa shape index (κ2) is 4.55. The fraction of sp³-hybridized carbons (Fsp3) is 0.364. The van der Waals surface area contributed by atoms with Crippen LogP contribution in [0.25, 0.3) is 0 Å². The Morgan fingerprint density at radius 1 is 1.39 bits per heavy atom. The summed E-state index contributed by atoms with van der Waals surface area (Å²) in [6.45, 7) is -0.886. The van der Waals surface area contributed by atoms with Crippen LogP contribution in [-0.4, -0.2) is 24.4 Å². The molecule has 0 spiro atoms. The molecule has 1 aliphatic heterocycles. The first-order valence-electron chi connectivity index (χ1n) is 4.97. The highest BCUT2D eigenvalue weighted by Gasteiger charge is 2.72. The average molecular weight is 325 g/mol. The van der Waals surface area contributed by atoms with Crippen LogP contribution in [-0.2, 0) is 20.9 Å². The molecular weight excluding hydrogens is 317 g/mol. The number of alkyl halides is 3. The van der Waals surface area contributed by atoms with Gasteiger partial charge in [-0.05, 0) is 17.7 Å². The molecule has 0 aliphatic carbocycles. The molecule has 0 N–H and O–H groups in total. The van der Waals surface area contributed by atoms with Crippen LogP contribution in [0.1, 0.15) is 5.56 Å². The first kappa shape index (κ1) is 13.4. The molecular formula is C11H8BrF3O3. The van der Waals surface area contributed by atoms with Crippen LogP contribution in [0.4, 0.5) is 13.2 Å². The molecule has 1 aromatic rings. The molecule has 0 aromatic heterocycles. The van der Waals surface area contributed by atoms with E-state index < -0.39 is 24.4 Å². The topological polar surface area (TPSA) is 38.8 Å². The number of rotatable bonds is 3. The first-order chi connectivity index (χ1) is 8.35. The monoisotopic (exact) mass is 324 g/mol. The van der Waals surface area contributed by atoms with Crippen molar-refractivity contribution in [3.05, 3.63) is 34.3 Å². The second-order valence-electron chi connectivity index (χ2n) is 3.82. The van der Waals surface area contributed by atoms with E-state index in [9.17, 15) is 18.0 Å². The Morgan fingerprint density at radius 2 is 1.94 bits per heavy atom. The molecule has 0 bridgehead atoms. The van der Waals surface area contributed by atoms with Gasteiger partial charge in [0.25, 0.3) is 5.60 Å². The van der Waals surface area contributed by atoms with Crippen molar-refractivity contribution in [2.24, 2.45) is 0 Å². The zero-order valence-corrected chi connectivity index (χ0v) is 10.5. The summed E-state index contributed by atoms with van der Waals surface area (Å²) in [5, 5.41) is 0. The van der Waals surface area contributed by atoms with E-state index in [0.717, 1.165) is 4.47 Å². The van der Waals surface area contributed by atoms with Crippen molar-refractivity contribution in [2.75, 3.05) is 6.61 Å². The molecule has 1 heterocycles. The quantitative estimate of drug-likeness (QED) is 0.634. The summed E-state index contributed by atoms with van der Waals surface area (Å²) < 4.78 is 47.2. The molecule has 1 aromatic carbocycles. The minimum atomic E-state index is -4.73. The van der Waals surface area contributed by atoms with Crippen LogP contribution < -0.4 is 0 Å². The van der Waals surface area contributed by atoms with Crippen LogP contribution in [0.15, 0.2) is 28.7 Å². The van der Waals surface area contributed by atoms with Crippen LogP contribution in [0.5, 0.6) is 0 Å². The van der Waals surface area contributed by atoms with E-state index in [2.05, 4.69) is 25.4 Å². The molecule has 0 amide bonds. The number of carbonyl (C=O) groups is 1. The van der Waals surface area contributed by atoms with Gasteiger partial charge in [-0.15, -0.1) is 0 Å². The van der Waals surface area contributed by atoms with Crippen molar-refractivity contribution in [2.45, 2.75) is 18.4 Å². The minimum Gasteiger partial charge on any atom is -0.458 e. The van der Waals surface area contributed by atoms with Gasteiger partial charge in [-0.25, -0.2) is 4.79 Å². The summed E-state index contributed by atoms with van der Waals surface area (Å²) in [5.74, 6) is -1.39. The Labute approximate surface area is 109 Å². The summed E-state index contributed by atoms with van der Waals surface area (Å²) in [7, 11) is 0. The molecule has 98 valence electrons. The third kappa shape index (κ3) is 2.51. The lowest BCUT2D eigenvalue weighted by Gasteiger charge is -2.14. The summed E-state index contributed by atoms with van der Waals surface area (Å²) in [6, 6.07) is 6.70. The Bertz CT molecular complexity index is 452. The Kier molecular flexibility index (Phi) is 3.37. The number of esters is 1. The standard InChI is InChI=1S/C11H8BrF3O3/c12-8-3-1-7(2-4-8)5-17-9(16)10(6-18-10)11(13,14)15/h1-4H,5-6H2/t10-/m1/s1. The van der Waals surface area contributed by atoms with E-state index in [1.54, 1.807) is 24.3 Å². The lowest BCUT2D eigenvalue weighted by Crippen LogP contribution is -2.41. The van der Waals surface area contributed by atoms with Gasteiger partial charge >= 0.3 is 12.1 Å². The first-order valence-corrected chi connectivity index (χ1v) is 5.77. The Hall–Kier alpha value is -1.08. The maximum absolute atomic E-state index is 12.5. The summed E-state index contributed by atoms with van der Waals surface area (Å²) >= 11 is 3.22. The normalized spacial score (nSPS) is 22.7. The van der Waals surface area contributed by atoms with E-state index in [1.807, 2.05) is 0 Å². The molecule has 0 radical (unpaired) electrons. The van der Waals surface area contributed by atoms with Gasteiger partial charge in [0.1, 0.15) is 6.61 Å². The van der Waals surface area contributed by atoms with Crippen LogP contribution >= 0.6 is 15.9 Å². The second-order valence-corrected chi connectivity index (χ2v) is 4.73. The van der Waals surface area contributed by atoms with E-state index in [4.69, 9.17) is 0 Å². The van der Waals surface area contributed by atoms with Gasteiger partial charge in [0, 0.05) is 4.47 Å². The molecule has 1 aliphatic rings. The molecule has 1 atom stereocenters. The molecule has 7 heteroatoms. The third-order valence-electron chi connectivity index (χ3n) is 2.50. The molecule has 18 heavy (non-hydrogen) atoms. The number of carbonyl (C=O) groups excluding carboxylic acids is 1. The van der Waals surface area contributed by atoms with E-state index in [-0.39, 0.29) is 6.61 Å². The molecule has 0 unspecified atom stereocenters. The molecule has 0 saturated carbocycles. The van der Waals surface area contributed by atoms with Crippen LogP contribution in [0, 0.1) is 0 Å². The third-order valence-corrected chi connectivity index (χ3v) is 3.03. The van der Waals surface area contributed by atoms with Gasteiger partial charge in [0.2, 0.25) is 0 Å². The van der Waals surface area contributed by atoms with Crippen molar-refractivity contribution in [3.8, 4) is 0 Å². The van der Waals surface area contributed by atoms with E-state index in [0.29, 0.717) is 5.56 Å². The van der Waals surface area contributed by atoms with E-state index in [1.165, 1.54) is 0 Å². The largest absolute Gasteiger partial charge is 0.458 e. The van der Waals surface area contributed by atoms with Crippen LogP contribution in [0.3, 0.4) is 0 Å². The number of benzene rings is 1. The van der Waals surface area contributed by atoms with Crippen LogP contribution in [0.2, 0.25) is 0 Å².